The molecule has 1 rings (SSSR count). The number of H-pyrrole nitrogens is 1. The summed E-state index contributed by atoms with van der Waals surface area (Å²) in [6.45, 7) is 6.77. The quantitative estimate of drug-likeness (QED) is 0.689. The lowest BCUT2D eigenvalue weighted by atomic mass is 10.0. The standard InChI is InChI=1S/C13H20N2O3/c1-5-10-11(9(4)17)8(3)15-12(10)13(18)14-7(2)6-16/h7,15-16H,5-6H2,1-4H3,(H,14,18). The zero-order valence-corrected chi connectivity index (χ0v) is 11.3. The fraction of sp³-hybridized carbons (Fsp3) is 0.538. The topological polar surface area (TPSA) is 82.2 Å². The number of carbonyl (C=O) groups excluding carboxylic acids is 2. The van der Waals surface area contributed by atoms with Crippen LogP contribution in [-0.2, 0) is 6.42 Å². The average Bonchev–Trinajstić information content (AvgIpc) is 2.65. The Morgan fingerprint density at radius 2 is 2.06 bits per heavy atom. The second-order valence-electron chi connectivity index (χ2n) is 4.45. The van der Waals surface area contributed by atoms with Crippen molar-refractivity contribution in [2.24, 2.45) is 0 Å². The van der Waals surface area contributed by atoms with Crippen molar-refractivity contribution in [3.05, 3.63) is 22.5 Å². The fourth-order valence-corrected chi connectivity index (χ4v) is 2.04. The van der Waals surface area contributed by atoms with Gasteiger partial charge in [0.2, 0.25) is 0 Å². The number of aliphatic hydroxyl groups excluding tert-OH is 1. The molecule has 5 heteroatoms. The molecule has 0 bridgehead atoms. The van der Waals surface area contributed by atoms with E-state index < -0.39 is 0 Å². The molecule has 0 radical (unpaired) electrons. The van der Waals surface area contributed by atoms with E-state index in [1.54, 1.807) is 13.8 Å². The Balaban J connectivity index is 3.13. The molecule has 1 amide bonds. The number of hydrogen-bond donors (Lipinski definition) is 3. The first-order valence-electron chi connectivity index (χ1n) is 6.06. The lowest BCUT2D eigenvalue weighted by Gasteiger charge is -2.10. The van der Waals surface area contributed by atoms with Crippen LogP contribution >= 0.6 is 0 Å². The van der Waals surface area contributed by atoms with Crippen LogP contribution in [0.5, 0.6) is 0 Å². The van der Waals surface area contributed by atoms with Crippen LogP contribution in [0.25, 0.3) is 0 Å². The average molecular weight is 252 g/mol. The van der Waals surface area contributed by atoms with Crippen LogP contribution in [0.3, 0.4) is 0 Å². The van der Waals surface area contributed by atoms with E-state index in [1.807, 2.05) is 6.92 Å². The second kappa shape index (κ2) is 5.82. The van der Waals surface area contributed by atoms with E-state index in [9.17, 15) is 9.59 Å². The van der Waals surface area contributed by atoms with Gasteiger partial charge in [-0.25, -0.2) is 0 Å². The molecule has 0 saturated heterocycles. The van der Waals surface area contributed by atoms with E-state index in [4.69, 9.17) is 5.11 Å². The largest absolute Gasteiger partial charge is 0.394 e. The molecule has 3 N–H and O–H groups in total. The predicted molar refractivity (Wildman–Crippen MR) is 68.9 cm³/mol. The molecule has 1 aromatic rings. The molecule has 1 atom stereocenters. The van der Waals surface area contributed by atoms with Gasteiger partial charge in [-0.05, 0) is 32.8 Å². The minimum absolute atomic E-state index is 0.0464. The number of amides is 1. The van der Waals surface area contributed by atoms with E-state index in [1.165, 1.54) is 6.92 Å². The summed E-state index contributed by atoms with van der Waals surface area (Å²) >= 11 is 0. The van der Waals surface area contributed by atoms with E-state index in [0.717, 1.165) is 5.56 Å². The lowest BCUT2D eigenvalue weighted by molar-refractivity contribution is 0.0916. The smallest absolute Gasteiger partial charge is 0.268 e. The van der Waals surface area contributed by atoms with Gasteiger partial charge in [0.15, 0.2) is 5.78 Å². The summed E-state index contributed by atoms with van der Waals surface area (Å²) in [5.74, 6) is -0.334. The summed E-state index contributed by atoms with van der Waals surface area (Å²) in [7, 11) is 0. The van der Waals surface area contributed by atoms with Gasteiger partial charge in [0.25, 0.3) is 5.91 Å². The lowest BCUT2D eigenvalue weighted by Crippen LogP contribution is -2.35. The van der Waals surface area contributed by atoms with E-state index >= 15 is 0 Å². The molecule has 0 aromatic carbocycles. The van der Waals surface area contributed by atoms with Crippen molar-refractivity contribution in [2.75, 3.05) is 6.61 Å². The number of Topliss-reactive ketones (excluding diaryl/α,β-unsaturated/α-hetero) is 1. The Labute approximate surface area is 107 Å². The number of hydrogen-bond acceptors (Lipinski definition) is 3. The van der Waals surface area contributed by atoms with Crippen molar-refractivity contribution in [3.63, 3.8) is 0 Å². The third kappa shape index (κ3) is 2.79. The number of ketones is 1. The fourth-order valence-electron chi connectivity index (χ4n) is 2.04. The molecule has 18 heavy (non-hydrogen) atoms. The van der Waals surface area contributed by atoms with Crippen molar-refractivity contribution in [1.29, 1.82) is 0 Å². The van der Waals surface area contributed by atoms with Crippen molar-refractivity contribution in [1.82, 2.24) is 10.3 Å². The Bertz CT molecular complexity index is 463. The van der Waals surface area contributed by atoms with Gasteiger partial charge in [0, 0.05) is 17.3 Å². The van der Waals surface area contributed by atoms with Gasteiger partial charge >= 0.3 is 0 Å². The first kappa shape index (κ1) is 14.4. The summed E-state index contributed by atoms with van der Waals surface area (Å²) < 4.78 is 0. The number of nitrogens with one attached hydrogen (secondary N) is 2. The summed E-state index contributed by atoms with van der Waals surface area (Å²) in [5.41, 5.74) is 2.46. The molecular formula is C13H20N2O3. The summed E-state index contributed by atoms with van der Waals surface area (Å²) in [5, 5.41) is 11.6. The maximum Gasteiger partial charge on any atom is 0.268 e. The minimum atomic E-state index is -0.313. The monoisotopic (exact) mass is 252 g/mol. The van der Waals surface area contributed by atoms with Crippen LogP contribution in [0.15, 0.2) is 0 Å². The molecule has 0 aliphatic heterocycles. The van der Waals surface area contributed by atoms with E-state index in [2.05, 4.69) is 10.3 Å². The van der Waals surface area contributed by atoms with Gasteiger partial charge in [0.05, 0.1) is 6.61 Å². The van der Waals surface area contributed by atoms with Crippen LogP contribution in [0.2, 0.25) is 0 Å². The molecule has 0 saturated carbocycles. The van der Waals surface area contributed by atoms with Crippen LogP contribution in [-0.4, -0.2) is 34.4 Å². The second-order valence-corrected chi connectivity index (χ2v) is 4.45. The Morgan fingerprint density at radius 3 is 2.50 bits per heavy atom. The minimum Gasteiger partial charge on any atom is -0.394 e. The van der Waals surface area contributed by atoms with Gasteiger partial charge in [-0.2, -0.15) is 0 Å². The van der Waals surface area contributed by atoms with E-state index in [-0.39, 0.29) is 24.3 Å². The zero-order chi connectivity index (χ0) is 13.9. The molecule has 5 nitrogen and oxygen atoms in total. The molecule has 1 unspecified atom stereocenters. The Hall–Kier alpha value is -1.62. The van der Waals surface area contributed by atoms with Crippen LogP contribution < -0.4 is 5.32 Å². The van der Waals surface area contributed by atoms with Gasteiger partial charge in [-0.3, -0.25) is 9.59 Å². The van der Waals surface area contributed by atoms with Gasteiger partial charge in [0.1, 0.15) is 5.69 Å². The molecule has 100 valence electrons. The highest BCUT2D eigenvalue weighted by atomic mass is 16.3. The predicted octanol–water partition coefficient (Wildman–Crippen LogP) is 1.20. The van der Waals surface area contributed by atoms with Gasteiger partial charge < -0.3 is 15.4 Å². The third-order valence-electron chi connectivity index (χ3n) is 2.88. The highest BCUT2D eigenvalue weighted by Crippen LogP contribution is 2.20. The molecule has 0 spiro atoms. The summed E-state index contributed by atoms with van der Waals surface area (Å²) in [4.78, 5) is 26.5. The zero-order valence-electron chi connectivity index (χ0n) is 11.3. The maximum absolute atomic E-state index is 12.0. The van der Waals surface area contributed by atoms with Crippen molar-refractivity contribution < 1.29 is 14.7 Å². The van der Waals surface area contributed by atoms with Gasteiger partial charge in [-0.15, -0.1) is 0 Å². The number of rotatable bonds is 5. The SMILES string of the molecule is CCc1c(C(=O)NC(C)CO)[nH]c(C)c1C(C)=O. The summed E-state index contributed by atoms with van der Waals surface area (Å²) in [6.07, 6.45) is 0.607. The molecule has 0 aliphatic carbocycles. The Morgan fingerprint density at radius 1 is 1.44 bits per heavy atom. The third-order valence-corrected chi connectivity index (χ3v) is 2.88. The van der Waals surface area contributed by atoms with Crippen LogP contribution in [0, 0.1) is 6.92 Å². The number of aryl methyl sites for hydroxylation is 1. The van der Waals surface area contributed by atoms with Crippen molar-refractivity contribution >= 4 is 11.7 Å². The molecule has 0 fully saturated rings. The molecule has 1 heterocycles. The maximum atomic E-state index is 12.0. The van der Waals surface area contributed by atoms with Crippen LogP contribution in [0.1, 0.15) is 52.9 Å². The first-order chi connectivity index (χ1) is 8.42. The molecule has 0 aliphatic rings. The normalized spacial score (nSPS) is 12.3. The summed E-state index contributed by atoms with van der Waals surface area (Å²) in [6, 6.07) is -0.313. The Kier molecular flexibility index (Phi) is 4.67. The number of aromatic amines is 1. The molecule has 1 aromatic heterocycles. The number of aliphatic hydroxyl groups is 1. The van der Waals surface area contributed by atoms with Gasteiger partial charge in [-0.1, -0.05) is 6.92 Å². The number of aromatic nitrogens is 1. The van der Waals surface area contributed by atoms with Crippen molar-refractivity contribution in [3.8, 4) is 0 Å². The highest BCUT2D eigenvalue weighted by molar-refractivity contribution is 6.02. The van der Waals surface area contributed by atoms with E-state index in [0.29, 0.717) is 23.4 Å². The van der Waals surface area contributed by atoms with Crippen molar-refractivity contribution in [2.45, 2.75) is 40.2 Å². The van der Waals surface area contributed by atoms with Crippen LogP contribution in [0.4, 0.5) is 0 Å². The first-order valence-corrected chi connectivity index (χ1v) is 6.06. The number of carbonyl (C=O) groups is 2. The highest BCUT2D eigenvalue weighted by Gasteiger charge is 2.22. The molecular weight excluding hydrogens is 232 g/mol.